The summed E-state index contributed by atoms with van der Waals surface area (Å²) in [6.07, 6.45) is 4.62. The summed E-state index contributed by atoms with van der Waals surface area (Å²) in [4.78, 5) is 41.6. The molecule has 0 fully saturated rings. The molecule has 0 aliphatic rings. The molecule has 0 saturated heterocycles. The number of nitrogens with zero attached hydrogens (tertiary/aromatic N) is 1. The molecule has 4 aromatic carbocycles. The smallest absolute Gasteiger partial charge is 0.223 e. The summed E-state index contributed by atoms with van der Waals surface area (Å²) in [5.74, 6) is -0.0788. The third-order valence-electron chi connectivity index (χ3n) is 7.96. The highest BCUT2D eigenvalue weighted by Gasteiger charge is 2.24. The molecule has 1 atom stereocenters. The van der Waals surface area contributed by atoms with Gasteiger partial charge in [0.25, 0.3) is 0 Å². The molecule has 1 amide bonds. The van der Waals surface area contributed by atoms with Crippen LogP contribution in [0, 0.1) is 5.92 Å². The molecule has 0 aliphatic carbocycles. The van der Waals surface area contributed by atoms with E-state index in [2.05, 4.69) is 24.3 Å². The van der Waals surface area contributed by atoms with Gasteiger partial charge in [0.15, 0.2) is 11.6 Å². The van der Waals surface area contributed by atoms with Gasteiger partial charge in [-0.15, -0.1) is 0 Å². The van der Waals surface area contributed by atoms with Gasteiger partial charge >= 0.3 is 0 Å². The number of hydrogen-bond acceptors (Lipinski definition) is 5. The Balaban J connectivity index is 1.46. The first-order valence-corrected chi connectivity index (χ1v) is 15.2. The van der Waals surface area contributed by atoms with Crippen LogP contribution in [0.5, 0.6) is 0 Å². The number of rotatable bonds is 17. The monoisotopic (exact) mass is 565 g/mol. The summed E-state index contributed by atoms with van der Waals surface area (Å²) < 4.78 is 0. The SMILES string of the molecule is NCCCC[C@H](CC(=O)c1ccc2ccccc2c1)CN(CC(=O)CCc1cccc2ccccc12)C(=O)CCCN. The zero-order valence-electron chi connectivity index (χ0n) is 24.5. The zero-order valence-corrected chi connectivity index (χ0v) is 24.5. The second-order valence-corrected chi connectivity index (χ2v) is 11.2. The predicted molar refractivity (Wildman–Crippen MR) is 171 cm³/mol. The number of aryl methyl sites for hydroxylation is 1. The second kappa shape index (κ2) is 15.9. The van der Waals surface area contributed by atoms with Crippen molar-refractivity contribution < 1.29 is 14.4 Å². The summed E-state index contributed by atoms with van der Waals surface area (Å²) in [5.41, 5.74) is 13.3. The van der Waals surface area contributed by atoms with Crippen LogP contribution in [-0.4, -0.2) is 48.6 Å². The highest BCUT2D eigenvalue weighted by atomic mass is 16.2. The lowest BCUT2D eigenvalue weighted by Crippen LogP contribution is -2.40. The largest absolute Gasteiger partial charge is 0.335 e. The molecular weight excluding hydrogens is 522 g/mol. The van der Waals surface area contributed by atoms with Crippen LogP contribution >= 0.6 is 0 Å². The van der Waals surface area contributed by atoms with E-state index in [0.29, 0.717) is 57.3 Å². The van der Waals surface area contributed by atoms with E-state index in [1.807, 2.05) is 60.7 Å². The first kappa shape index (κ1) is 31.1. The fourth-order valence-electron chi connectivity index (χ4n) is 5.63. The third kappa shape index (κ3) is 8.81. The van der Waals surface area contributed by atoms with Crippen molar-refractivity contribution in [2.75, 3.05) is 26.2 Å². The minimum atomic E-state index is -0.0825. The Morgan fingerprint density at radius 2 is 1.43 bits per heavy atom. The maximum absolute atomic E-state index is 13.4. The summed E-state index contributed by atoms with van der Waals surface area (Å²) in [7, 11) is 0. The first-order chi connectivity index (χ1) is 20.5. The molecule has 0 saturated carbocycles. The quantitative estimate of drug-likeness (QED) is 0.119. The highest BCUT2D eigenvalue weighted by molar-refractivity contribution is 6.00. The molecule has 0 heterocycles. The average Bonchev–Trinajstić information content (AvgIpc) is 3.02. The molecule has 42 heavy (non-hydrogen) atoms. The van der Waals surface area contributed by atoms with E-state index < -0.39 is 0 Å². The van der Waals surface area contributed by atoms with Crippen molar-refractivity contribution >= 4 is 39.0 Å². The van der Waals surface area contributed by atoms with Crippen molar-refractivity contribution in [3.63, 3.8) is 0 Å². The van der Waals surface area contributed by atoms with Crippen LogP contribution in [0.15, 0.2) is 84.9 Å². The van der Waals surface area contributed by atoms with Gasteiger partial charge < -0.3 is 16.4 Å². The van der Waals surface area contributed by atoms with Crippen molar-refractivity contribution in [2.45, 2.75) is 51.4 Å². The molecule has 6 heteroatoms. The third-order valence-corrected chi connectivity index (χ3v) is 7.96. The first-order valence-electron chi connectivity index (χ1n) is 15.2. The lowest BCUT2D eigenvalue weighted by Gasteiger charge is -2.27. The topological polar surface area (TPSA) is 106 Å². The van der Waals surface area contributed by atoms with Crippen molar-refractivity contribution in [1.29, 1.82) is 0 Å². The molecule has 4 rings (SSSR count). The van der Waals surface area contributed by atoms with Crippen LogP contribution in [0.3, 0.4) is 0 Å². The zero-order chi connectivity index (χ0) is 29.7. The highest BCUT2D eigenvalue weighted by Crippen LogP contribution is 2.23. The molecule has 0 aliphatic heterocycles. The fraction of sp³-hybridized carbons (Fsp3) is 0.361. The van der Waals surface area contributed by atoms with Crippen LogP contribution in [0.4, 0.5) is 0 Å². The second-order valence-electron chi connectivity index (χ2n) is 11.2. The number of ketones is 2. The van der Waals surface area contributed by atoms with Gasteiger partial charge in [-0.2, -0.15) is 0 Å². The molecule has 6 nitrogen and oxygen atoms in total. The molecule has 0 unspecified atom stereocenters. The molecule has 0 bridgehead atoms. The van der Waals surface area contributed by atoms with Crippen LogP contribution < -0.4 is 11.5 Å². The van der Waals surface area contributed by atoms with Gasteiger partial charge in [0.2, 0.25) is 5.91 Å². The number of carbonyl (C=O) groups is 3. The van der Waals surface area contributed by atoms with Crippen LogP contribution in [-0.2, 0) is 16.0 Å². The van der Waals surface area contributed by atoms with Crippen molar-refractivity contribution in [3.8, 4) is 0 Å². The van der Waals surface area contributed by atoms with Crippen molar-refractivity contribution in [3.05, 3.63) is 96.1 Å². The summed E-state index contributed by atoms with van der Waals surface area (Å²) >= 11 is 0. The van der Waals surface area contributed by atoms with Crippen LogP contribution in [0.1, 0.15) is 60.9 Å². The van der Waals surface area contributed by atoms with E-state index in [-0.39, 0.29) is 29.9 Å². The van der Waals surface area contributed by atoms with Gasteiger partial charge in [0.05, 0.1) is 6.54 Å². The van der Waals surface area contributed by atoms with Crippen molar-refractivity contribution in [1.82, 2.24) is 4.90 Å². The number of benzene rings is 4. The van der Waals surface area contributed by atoms with E-state index in [0.717, 1.165) is 46.4 Å². The Kier molecular flexibility index (Phi) is 11.8. The van der Waals surface area contributed by atoms with Gasteiger partial charge in [-0.25, -0.2) is 0 Å². The Labute approximate surface area is 249 Å². The number of hydrogen-bond donors (Lipinski definition) is 2. The van der Waals surface area contributed by atoms with E-state index in [1.165, 1.54) is 0 Å². The fourth-order valence-corrected chi connectivity index (χ4v) is 5.63. The van der Waals surface area contributed by atoms with E-state index >= 15 is 0 Å². The lowest BCUT2D eigenvalue weighted by molar-refractivity contribution is -0.136. The number of unbranched alkanes of at least 4 members (excludes halogenated alkanes) is 1. The Morgan fingerprint density at radius 3 is 2.21 bits per heavy atom. The lowest BCUT2D eigenvalue weighted by atomic mass is 9.91. The van der Waals surface area contributed by atoms with Gasteiger partial charge in [-0.05, 0) is 77.9 Å². The molecule has 220 valence electrons. The average molecular weight is 566 g/mol. The Morgan fingerprint density at radius 1 is 0.714 bits per heavy atom. The van der Waals surface area contributed by atoms with Crippen molar-refractivity contribution in [2.24, 2.45) is 17.4 Å². The summed E-state index contributed by atoms with van der Waals surface area (Å²) in [5, 5.41) is 4.42. The van der Waals surface area contributed by atoms with E-state index in [1.54, 1.807) is 4.90 Å². The minimum absolute atomic E-state index is 0.0191. The molecule has 4 aromatic rings. The number of fused-ring (bicyclic) bond motifs is 2. The summed E-state index contributed by atoms with van der Waals surface area (Å²) in [6, 6.07) is 28.1. The van der Waals surface area contributed by atoms with E-state index in [4.69, 9.17) is 11.5 Å². The van der Waals surface area contributed by atoms with Gasteiger partial charge in [-0.1, -0.05) is 85.3 Å². The Hall–Kier alpha value is -3.87. The van der Waals surface area contributed by atoms with E-state index in [9.17, 15) is 14.4 Å². The van der Waals surface area contributed by atoms with Gasteiger partial charge in [0, 0.05) is 31.4 Å². The molecular formula is C36H43N3O3. The number of amides is 1. The standard InChI is InChI=1S/C36H43N3O3/c37-21-6-5-9-27(23-35(41)32-18-17-28-10-1-2-12-31(28)24-32)25-39(36(42)16-8-22-38)26-33(40)20-19-30-14-7-13-29-11-3-4-15-34(29)30/h1-4,7,10-15,17-18,24,27H,5-6,8-9,16,19-23,25-26,37-38H2/t27-/m1/s1. The van der Waals surface area contributed by atoms with Crippen LogP contribution in [0.2, 0.25) is 0 Å². The number of Topliss-reactive ketones (excluding diaryl/α,β-unsaturated/α-hetero) is 2. The normalized spacial score (nSPS) is 12.0. The number of nitrogens with two attached hydrogens (primary N) is 2. The summed E-state index contributed by atoms with van der Waals surface area (Å²) in [6.45, 7) is 1.41. The number of carbonyl (C=O) groups excluding carboxylic acids is 3. The Bertz CT molecular complexity index is 1490. The van der Waals surface area contributed by atoms with Crippen LogP contribution in [0.25, 0.3) is 21.5 Å². The van der Waals surface area contributed by atoms with Gasteiger partial charge in [-0.3, -0.25) is 14.4 Å². The maximum atomic E-state index is 13.4. The molecule has 0 spiro atoms. The maximum Gasteiger partial charge on any atom is 0.223 e. The molecule has 0 radical (unpaired) electrons. The minimum Gasteiger partial charge on any atom is -0.335 e. The predicted octanol–water partition coefficient (Wildman–Crippen LogP) is 6.08. The molecule has 0 aromatic heterocycles. The molecule has 4 N–H and O–H groups in total. The van der Waals surface area contributed by atoms with Gasteiger partial charge in [0.1, 0.15) is 0 Å².